The van der Waals surface area contributed by atoms with Crippen molar-refractivity contribution in [2.24, 2.45) is 4.99 Å². The van der Waals surface area contributed by atoms with Gasteiger partial charge in [0.15, 0.2) is 5.96 Å². The average molecular weight is 464 g/mol. The SMILES string of the molecule is CN=C(NCCNC(C)(C)C)N1CCN(Cc2cc(C)on2)CC1.I. The Bertz CT molecular complexity index is 531. The smallest absolute Gasteiger partial charge is 0.193 e. The lowest BCUT2D eigenvalue weighted by molar-refractivity contribution is 0.169. The molecule has 144 valence electrons. The molecule has 0 unspecified atom stereocenters. The number of aryl methyl sites for hydroxylation is 1. The molecule has 2 heterocycles. The summed E-state index contributed by atoms with van der Waals surface area (Å²) in [7, 11) is 1.85. The lowest BCUT2D eigenvalue weighted by Crippen LogP contribution is -2.53. The highest BCUT2D eigenvalue weighted by Gasteiger charge is 2.20. The molecule has 0 spiro atoms. The number of rotatable bonds is 5. The molecule has 1 aromatic rings. The van der Waals surface area contributed by atoms with E-state index in [0.29, 0.717) is 0 Å². The number of hydrogen-bond donors (Lipinski definition) is 2. The normalized spacial score (nSPS) is 16.7. The molecular weight excluding hydrogens is 431 g/mol. The van der Waals surface area contributed by atoms with Gasteiger partial charge in [0.05, 0.1) is 5.69 Å². The third-order valence-corrected chi connectivity index (χ3v) is 4.01. The van der Waals surface area contributed by atoms with Gasteiger partial charge in [0, 0.05) is 64.5 Å². The van der Waals surface area contributed by atoms with Crippen molar-refractivity contribution >= 4 is 29.9 Å². The maximum absolute atomic E-state index is 5.14. The second-order valence-electron chi connectivity index (χ2n) is 7.34. The van der Waals surface area contributed by atoms with E-state index in [9.17, 15) is 0 Å². The number of nitrogens with one attached hydrogen (secondary N) is 2. The lowest BCUT2D eigenvalue weighted by atomic mass is 10.1. The van der Waals surface area contributed by atoms with E-state index < -0.39 is 0 Å². The average Bonchev–Trinajstić information content (AvgIpc) is 2.92. The lowest BCUT2D eigenvalue weighted by Gasteiger charge is -2.36. The summed E-state index contributed by atoms with van der Waals surface area (Å²) in [6.07, 6.45) is 0. The summed E-state index contributed by atoms with van der Waals surface area (Å²) in [5.41, 5.74) is 1.16. The molecule has 0 saturated carbocycles. The molecular formula is C17H33IN6O. The van der Waals surface area contributed by atoms with E-state index in [1.165, 1.54) is 0 Å². The van der Waals surface area contributed by atoms with Crippen molar-refractivity contribution in [2.45, 2.75) is 39.8 Å². The number of piperazine rings is 1. The Balaban J connectivity index is 0.00000312. The second kappa shape index (κ2) is 10.3. The zero-order valence-electron chi connectivity index (χ0n) is 16.1. The van der Waals surface area contributed by atoms with Crippen molar-refractivity contribution in [3.8, 4) is 0 Å². The summed E-state index contributed by atoms with van der Waals surface area (Å²) in [5, 5.41) is 11.0. The molecule has 2 rings (SSSR count). The Labute approximate surface area is 168 Å². The van der Waals surface area contributed by atoms with Gasteiger partial charge in [0.1, 0.15) is 5.76 Å². The maximum atomic E-state index is 5.14. The number of aliphatic imine (C=N–C) groups is 1. The first kappa shape index (κ1) is 22.2. The third kappa shape index (κ3) is 7.91. The zero-order chi connectivity index (χ0) is 17.6. The number of guanidine groups is 1. The van der Waals surface area contributed by atoms with Gasteiger partial charge in [-0.15, -0.1) is 24.0 Å². The first-order valence-corrected chi connectivity index (χ1v) is 8.72. The molecule has 0 atom stereocenters. The summed E-state index contributed by atoms with van der Waals surface area (Å²) in [4.78, 5) is 9.14. The fourth-order valence-corrected chi connectivity index (χ4v) is 2.78. The van der Waals surface area contributed by atoms with Gasteiger partial charge in [-0.25, -0.2) is 0 Å². The zero-order valence-corrected chi connectivity index (χ0v) is 18.5. The third-order valence-electron chi connectivity index (χ3n) is 4.01. The van der Waals surface area contributed by atoms with E-state index in [1.807, 2.05) is 20.0 Å². The fourth-order valence-electron chi connectivity index (χ4n) is 2.78. The van der Waals surface area contributed by atoms with Crippen molar-refractivity contribution < 1.29 is 4.52 Å². The molecule has 8 heteroatoms. The quantitative estimate of drug-likeness (QED) is 0.299. The molecule has 1 aromatic heterocycles. The van der Waals surface area contributed by atoms with E-state index in [2.05, 4.69) is 51.4 Å². The Hall–Kier alpha value is -0.870. The molecule has 0 aliphatic carbocycles. The minimum Gasteiger partial charge on any atom is -0.361 e. The number of nitrogens with zero attached hydrogens (tertiary/aromatic N) is 4. The maximum Gasteiger partial charge on any atom is 0.193 e. The summed E-state index contributed by atoms with van der Waals surface area (Å²) < 4.78 is 5.14. The molecule has 7 nitrogen and oxygen atoms in total. The minimum atomic E-state index is 0. The van der Waals surface area contributed by atoms with Gasteiger partial charge < -0.3 is 20.1 Å². The fraction of sp³-hybridized carbons (Fsp3) is 0.765. The van der Waals surface area contributed by atoms with Gasteiger partial charge in [0.25, 0.3) is 0 Å². The molecule has 0 radical (unpaired) electrons. The van der Waals surface area contributed by atoms with Crippen LogP contribution in [0.4, 0.5) is 0 Å². The van der Waals surface area contributed by atoms with Crippen LogP contribution in [0.2, 0.25) is 0 Å². The van der Waals surface area contributed by atoms with Gasteiger partial charge in [-0.1, -0.05) is 5.16 Å². The molecule has 1 fully saturated rings. The van der Waals surface area contributed by atoms with Gasteiger partial charge >= 0.3 is 0 Å². The van der Waals surface area contributed by atoms with Crippen molar-refractivity contribution in [2.75, 3.05) is 46.3 Å². The largest absolute Gasteiger partial charge is 0.361 e. The highest BCUT2D eigenvalue weighted by molar-refractivity contribution is 14.0. The predicted molar refractivity (Wildman–Crippen MR) is 113 cm³/mol. The van der Waals surface area contributed by atoms with Crippen LogP contribution in [-0.2, 0) is 6.54 Å². The van der Waals surface area contributed by atoms with E-state index >= 15 is 0 Å². The molecule has 2 N–H and O–H groups in total. The summed E-state index contributed by atoms with van der Waals surface area (Å²) in [5.74, 6) is 1.86. The molecule has 0 bridgehead atoms. The van der Waals surface area contributed by atoms with Crippen LogP contribution in [-0.4, -0.2) is 72.8 Å². The minimum absolute atomic E-state index is 0. The topological polar surface area (TPSA) is 68.9 Å². The van der Waals surface area contributed by atoms with Crippen molar-refractivity contribution in [3.05, 3.63) is 17.5 Å². The molecule has 1 aliphatic rings. The standard InChI is InChI=1S/C17H32N6O.HI/c1-14-12-15(21-24-14)13-22-8-10-23(11-9-22)16(18-5)19-6-7-20-17(2,3)4;/h12,20H,6-11,13H2,1-5H3,(H,18,19);1H. The molecule has 0 aromatic carbocycles. The summed E-state index contributed by atoms with van der Waals surface area (Å²) in [6, 6.07) is 2.01. The van der Waals surface area contributed by atoms with E-state index in [4.69, 9.17) is 4.52 Å². The van der Waals surface area contributed by atoms with Gasteiger partial charge in [-0.05, 0) is 27.7 Å². The Morgan fingerprint density at radius 3 is 2.44 bits per heavy atom. The van der Waals surface area contributed by atoms with Crippen molar-refractivity contribution in [1.82, 2.24) is 25.6 Å². The van der Waals surface area contributed by atoms with Crippen LogP contribution in [0.1, 0.15) is 32.2 Å². The van der Waals surface area contributed by atoms with Crippen molar-refractivity contribution in [1.29, 1.82) is 0 Å². The van der Waals surface area contributed by atoms with Gasteiger partial charge in [-0.2, -0.15) is 0 Å². The summed E-state index contributed by atoms with van der Waals surface area (Å²) in [6.45, 7) is 15.1. The van der Waals surface area contributed by atoms with E-state index in [0.717, 1.165) is 63.2 Å². The highest BCUT2D eigenvalue weighted by Crippen LogP contribution is 2.09. The first-order valence-electron chi connectivity index (χ1n) is 8.72. The van der Waals surface area contributed by atoms with Crippen LogP contribution in [0, 0.1) is 6.92 Å². The first-order chi connectivity index (χ1) is 11.4. The highest BCUT2D eigenvalue weighted by atomic mass is 127. The van der Waals surface area contributed by atoms with Crippen LogP contribution in [0.5, 0.6) is 0 Å². The molecule has 1 saturated heterocycles. The molecule has 0 amide bonds. The number of halogens is 1. The van der Waals surface area contributed by atoms with Crippen LogP contribution in [0.25, 0.3) is 0 Å². The Morgan fingerprint density at radius 1 is 1.24 bits per heavy atom. The second-order valence-corrected chi connectivity index (χ2v) is 7.34. The van der Waals surface area contributed by atoms with Gasteiger partial charge in [-0.3, -0.25) is 9.89 Å². The van der Waals surface area contributed by atoms with Crippen molar-refractivity contribution in [3.63, 3.8) is 0 Å². The number of hydrogen-bond acceptors (Lipinski definition) is 5. The van der Waals surface area contributed by atoms with Crippen LogP contribution < -0.4 is 10.6 Å². The van der Waals surface area contributed by atoms with Gasteiger partial charge in [0.2, 0.25) is 0 Å². The van der Waals surface area contributed by atoms with E-state index in [-0.39, 0.29) is 29.5 Å². The summed E-state index contributed by atoms with van der Waals surface area (Å²) >= 11 is 0. The van der Waals surface area contributed by atoms with Crippen LogP contribution in [0.3, 0.4) is 0 Å². The molecule has 25 heavy (non-hydrogen) atoms. The Kier molecular flexibility index (Phi) is 9.15. The predicted octanol–water partition coefficient (Wildman–Crippen LogP) is 1.68. The van der Waals surface area contributed by atoms with E-state index in [1.54, 1.807) is 0 Å². The van der Waals surface area contributed by atoms with Crippen LogP contribution in [0.15, 0.2) is 15.6 Å². The van der Waals surface area contributed by atoms with Crippen LogP contribution >= 0.6 is 24.0 Å². The molecule has 1 aliphatic heterocycles. The monoisotopic (exact) mass is 464 g/mol. The number of aromatic nitrogens is 1. The Morgan fingerprint density at radius 2 is 1.92 bits per heavy atom.